The van der Waals surface area contributed by atoms with Crippen molar-refractivity contribution in [3.8, 4) is 0 Å². The summed E-state index contributed by atoms with van der Waals surface area (Å²) in [7, 11) is 0. The topological polar surface area (TPSA) is 72.8 Å². The summed E-state index contributed by atoms with van der Waals surface area (Å²) in [5.41, 5.74) is 0. The van der Waals surface area contributed by atoms with E-state index in [-0.39, 0.29) is 25.2 Å². The maximum absolute atomic E-state index is 12.4. The van der Waals surface area contributed by atoms with E-state index in [2.05, 4.69) is 4.74 Å². The quantitative estimate of drug-likeness (QED) is 0.606. The van der Waals surface area contributed by atoms with Crippen molar-refractivity contribution in [3.05, 3.63) is 0 Å². The van der Waals surface area contributed by atoms with Gasteiger partial charge in [-0.05, 0) is 25.7 Å². The molecule has 0 aromatic carbocycles. The van der Waals surface area contributed by atoms with E-state index in [1.54, 1.807) is 0 Å². The Hall–Kier alpha value is -1.24. The fourth-order valence-electron chi connectivity index (χ4n) is 1.83. The summed E-state index contributed by atoms with van der Waals surface area (Å²) in [5.74, 6) is -5.88. The van der Waals surface area contributed by atoms with Crippen LogP contribution in [0.25, 0.3) is 0 Å². The van der Waals surface area contributed by atoms with Gasteiger partial charge in [0.2, 0.25) is 0 Å². The van der Waals surface area contributed by atoms with E-state index in [1.807, 2.05) is 0 Å². The Balaban J connectivity index is 2.16. The van der Waals surface area contributed by atoms with E-state index in [1.165, 1.54) is 0 Å². The lowest BCUT2D eigenvalue weighted by Crippen LogP contribution is -2.29. The van der Waals surface area contributed by atoms with E-state index < -0.39 is 17.9 Å². The molecule has 5 nitrogen and oxygen atoms in total. The molecule has 0 heterocycles. The molecule has 0 saturated heterocycles. The van der Waals surface area contributed by atoms with Gasteiger partial charge in [-0.3, -0.25) is 4.79 Å². The molecule has 0 atom stereocenters. The van der Waals surface area contributed by atoms with Crippen molar-refractivity contribution < 1.29 is 33.0 Å². The molecule has 1 fully saturated rings. The third-order valence-electron chi connectivity index (χ3n) is 2.95. The highest BCUT2D eigenvalue weighted by atomic mass is 19.3. The van der Waals surface area contributed by atoms with Gasteiger partial charge in [-0.15, -0.1) is 0 Å². The Kier molecular flexibility index (Phi) is 5.65. The molecule has 0 aromatic heterocycles. The van der Waals surface area contributed by atoms with Crippen LogP contribution in [0.15, 0.2) is 0 Å². The summed E-state index contributed by atoms with van der Waals surface area (Å²) in [4.78, 5) is 22.3. The molecule has 0 aliphatic heterocycles. The second-order valence-corrected chi connectivity index (χ2v) is 4.70. The first kappa shape index (κ1) is 15.8. The highest BCUT2D eigenvalue weighted by Crippen LogP contribution is 2.25. The van der Waals surface area contributed by atoms with Gasteiger partial charge in [-0.2, -0.15) is 8.78 Å². The molecule has 0 unspecified atom stereocenters. The Morgan fingerprint density at radius 1 is 1.16 bits per heavy atom. The van der Waals surface area contributed by atoms with Gasteiger partial charge in [-0.25, -0.2) is 4.79 Å². The van der Waals surface area contributed by atoms with Crippen LogP contribution in [-0.4, -0.2) is 42.3 Å². The van der Waals surface area contributed by atoms with E-state index in [9.17, 15) is 23.5 Å². The third-order valence-corrected chi connectivity index (χ3v) is 2.95. The van der Waals surface area contributed by atoms with Crippen molar-refractivity contribution in [2.45, 2.75) is 44.6 Å². The normalized spacial score (nSPS) is 23.8. The molecule has 1 aliphatic carbocycles. The summed E-state index contributed by atoms with van der Waals surface area (Å²) >= 11 is 0. The van der Waals surface area contributed by atoms with Crippen LogP contribution < -0.4 is 0 Å². The molecule has 110 valence electrons. The van der Waals surface area contributed by atoms with Crippen molar-refractivity contribution in [1.82, 2.24) is 0 Å². The molecule has 0 bridgehead atoms. The second-order valence-electron chi connectivity index (χ2n) is 4.70. The zero-order chi connectivity index (χ0) is 14.5. The van der Waals surface area contributed by atoms with Crippen LogP contribution in [0.2, 0.25) is 0 Å². The van der Waals surface area contributed by atoms with Crippen molar-refractivity contribution in [1.29, 1.82) is 0 Å². The number of ether oxygens (including phenoxy) is 2. The van der Waals surface area contributed by atoms with E-state index in [0.29, 0.717) is 32.6 Å². The molecule has 1 rings (SSSR count). The average molecular weight is 280 g/mol. The van der Waals surface area contributed by atoms with Crippen molar-refractivity contribution in [2.75, 3.05) is 13.2 Å². The second kappa shape index (κ2) is 6.79. The van der Waals surface area contributed by atoms with Crippen molar-refractivity contribution in [2.24, 2.45) is 5.92 Å². The average Bonchev–Trinajstić information content (AvgIpc) is 2.33. The molecule has 1 N–H and O–H groups in total. The monoisotopic (exact) mass is 280 g/mol. The fourth-order valence-corrected chi connectivity index (χ4v) is 1.83. The minimum atomic E-state index is -3.54. The van der Waals surface area contributed by atoms with Crippen LogP contribution in [-0.2, 0) is 19.1 Å². The molecule has 1 saturated carbocycles. The van der Waals surface area contributed by atoms with E-state index >= 15 is 0 Å². The fraction of sp³-hybridized carbons (Fsp3) is 0.833. The lowest BCUT2D eigenvalue weighted by molar-refractivity contribution is -0.172. The number of halogens is 2. The number of alkyl halides is 2. The zero-order valence-corrected chi connectivity index (χ0v) is 10.7. The number of carbonyl (C=O) groups is 2. The van der Waals surface area contributed by atoms with Gasteiger partial charge in [0.15, 0.2) is 0 Å². The molecular weight excluding hydrogens is 262 g/mol. The summed E-state index contributed by atoms with van der Waals surface area (Å²) in [6.45, 7) is -0.183. The Labute approximate surface area is 109 Å². The van der Waals surface area contributed by atoms with Crippen LogP contribution in [0.4, 0.5) is 8.78 Å². The number of aliphatic hydroxyl groups excluding tert-OH is 1. The minimum absolute atomic E-state index is 0.236. The molecule has 1 aliphatic rings. The maximum Gasteiger partial charge on any atom is 0.376 e. The van der Waals surface area contributed by atoms with Gasteiger partial charge in [0.05, 0.1) is 12.0 Å². The predicted octanol–water partition coefficient (Wildman–Crippen LogP) is 1.28. The van der Waals surface area contributed by atoms with Gasteiger partial charge in [0, 0.05) is 6.92 Å². The van der Waals surface area contributed by atoms with Crippen molar-refractivity contribution >= 4 is 11.9 Å². The number of aliphatic hydroxyl groups is 1. The lowest BCUT2D eigenvalue weighted by Gasteiger charge is -2.23. The van der Waals surface area contributed by atoms with Gasteiger partial charge in [-0.1, -0.05) is 0 Å². The predicted molar refractivity (Wildman–Crippen MR) is 60.5 cm³/mol. The number of hydrogen-bond donors (Lipinski definition) is 1. The number of rotatable bonds is 5. The molecule has 0 aromatic rings. The van der Waals surface area contributed by atoms with Gasteiger partial charge in [0.1, 0.15) is 13.2 Å². The van der Waals surface area contributed by atoms with Crippen LogP contribution >= 0.6 is 0 Å². The highest BCUT2D eigenvalue weighted by molar-refractivity contribution is 5.77. The summed E-state index contributed by atoms with van der Waals surface area (Å²) in [5, 5.41) is 9.28. The Morgan fingerprint density at radius 2 is 1.68 bits per heavy atom. The van der Waals surface area contributed by atoms with Gasteiger partial charge >= 0.3 is 17.9 Å². The minimum Gasteiger partial charge on any atom is -0.462 e. The smallest absolute Gasteiger partial charge is 0.376 e. The molecular formula is C12H18F2O5. The van der Waals surface area contributed by atoms with Crippen LogP contribution in [0.5, 0.6) is 0 Å². The SMILES string of the molecule is CC(F)(F)C(=O)OCCOC(=O)C1CCC(O)CC1. The first-order chi connectivity index (χ1) is 8.80. The maximum atomic E-state index is 12.4. The molecule has 0 spiro atoms. The van der Waals surface area contributed by atoms with Crippen LogP contribution in [0.1, 0.15) is 32.6 Å². The molecule has 19 heavy (non-hydrogen) atoms. The summed E-state index contributed by atoms with van der Waals surface area (Å²) in [6, 6.07) is 0. The van der Waals surface area contributed by atoms with E-state index in [0.717, 1.165) is 0 Å². The first-order valence-electron chi connectivity index (χ1n) is 6.20. The summed E-state index contributed by atoms with van der Waals surface area (Å²) in [6.07, 6.45) is 1.84. The third kappa shape index (κ3) is 5.50. The van der Waals surface area contributed by atoms with Gasteiger partial charge in [0.25, 0.3) is 0 Å². The first-order valence-corrected chi connectivity index (χ1v) is 6.20. The zero-order valence-electron chi connectivity index (χ0n) is 10.7. The number of esters is 2. The molecule has 0 radical (unpaired) electrons. The van der Waals surface area contributed by atoms with Crippen LogP contribution in [0.3, 0.4) is 0 Å². The summed E-state index contributed by atoms with van der Waals surface area (Å²) < 4.78 is 33.9. The Bertz CT molecular complexity index is 319. The highest BCUT2D eigenvalue weighted by Gasteiger charge is 2.34. The number of carbonyl (C=O) groups excluding carboxylic acids is 2. The molecule has 7 heteroatoms. The van der Waals surface area contributed by atoms with Gasteiger partial charge < -0.3 is 14.6 Å². The molecule has 0 amide bonds. The standard InChI is InChI=1S/C12H18F2O5/c1-12(13,14)11(17)19-7-6-18-10(16)8-2-4-9(15)5-3-8/h8-9,15H,2-7H2,1H3. The van der Waals surface area contributed by atoms with Crippen molar-refractivity contribution in [3.63, 3.8) is 0 Å². The van der Waals surface area contributed by atoms with Crippen LogP contribution in [0, 0.1) is 5.92 Å². The largest absolute Gasteiger partial charge is 0.462 e. The Morgan fingerprint density at radius 3 is 2.21 bits per heavy atom. The van der Waals surface area contributed by atoms with E-state index in [4.69, 9.17) is 4.74 Å². The number of hydrogen-bond acceptors (Lipinski definition) is 5. The lowest BCUT2D eigenvalue weighted by atomic mass is 9.88.